The zero-order chi connectivity index (χ0) is 15.8. The summed E-state index contributed by atoms with van der Waals surface area (Å²) in [4.78, 5) is 20.6. The Labute approximate surface area is 134 Å². The Kier molecular flexibility index (Phi) is 3.52. The van der Waals surface area contributed by atoms with Gasteiger partial charge in [0.1, 0.15) is 11.0 Å². The molecule has 4 heteroatoms. The van der Waals surface area contributed by atoms with Crippen LogP contribution in [0, 0.1) is 6.92 Å². The molecule has 2 aromatic heterocycles. The lowest BCUT2D eigenvalue weighted by atomic mass is 9.97. The van der Waals surface area contributed by atoms with Crippen molar-refractivity contribution in [1.29, 1.82) is 0 Å². The third-order valence-corrected chi connectivity index (χ3v) is 4.87. The standard InChI is InChI=1S/C19H21N3O/c1-13-6-5-9-15-16(13)17-18(21-15)19(23)22(12-20-17)11-10-14-7-3-2-4-8-14/h5-7,9,12,21H,2-4,8,10-11H2,1H3. The van der Waals surface area contributed by atoms with Gasteiger partial charge in [-0.3, -0.25) is 9.36 Å². The van der Waals surface area contributed by atoms with Gasteiger partial charge in [-0.15, -0.1) is 0 Å². The van der Waals surface area contributed by atoms with E-state index in [4.69, 9.17) is 0 Å². The number of aromatic nitrogens is 3. The average Bonchev–Trinajstić information content (AvgIpc) is 2.96. The Hall–Kier alpha value is -2.36. The monoisotopic (exact) mass is 307 g/mol. The third kappa shape index (κ3) is 2.48. The molecule has 0 bridgehead atoms. The molecule has 23 heavy (non-hydrogen) atoms. The number of nitrogens with one attached hydrogen (secondary N) is 1. The van der Waals surface area contributed by atoms with Crippen LogP contribution in [0.5, 0.6) is 0 Å². The number of hydrogen-bond acceptors (Lipinski definition) is 2. The molecule has 2 heterocycles. The van der Waals surface area contributed by atoms with Crippen LogP contribution in [0.2, 0.25) is 0 Å². The first-order chi connectivity index (χ1) is 11.2. The van der Waals surface area contributed by atoms with E-state index in [0.29, 0.717) is 12.1 Å². The molecule has 0 amide bonds. The van der Waals surface area contributed by atoms with Crippen LogP contribution in [0.15, 0.2) is 41.0 Å². The van der Waals surface area contributed by atoms with E-state index in [2.05, 4.69) is 29.0 Å². The Balaban J connectivity index is 1.73. The lowest BCUT2D eigenvalue weighted by Gasteiger charge is -2.13. The van der Waals surface area contributed by atoms with Gasteiger partial charge in [-0.1, -0.05) is 23.8 Å². The maximum absolute atomic E-state index is 12.8. The molecule has 0 saturated heterocycles. The van der Waals surface area contributed by atoms with Crippen LogP contribution in [0.1, 0.15) is 37.7 Å². The quantitative estimate of drug-likeness (QED) is 0.741. The summed E-state index contributed by atoms with van der Waals surface area (Å²) in [5.41, 5.74) is 5.05. The van der Waals surface area contributed by atoms with Gasteiger partial charge < -0.3 is 4.98 Å². The maximum Gasteiger partial charge on any atom is 0.277 e. The van der Waals surface area contributed by atoms with Gasteiger partial charge in [0.15, 0.2) is 0 Å². The Morgan fingerprint density at radius 1 is 1.30 bits per heavy atom. The van der Waals surface area contributed by atoms with Crippen LogP contribution in [-0.4, -0.2) is 14.5 Å². The fourth-order valence-corrected chi connectivity index (χ4v) is 3.57. The largest absolute Gasteiger partial charge is 0.349 e. The molecule has 0 unspecified atom stereocenters. The van der Waals surface area contributed by atoms with Crippen LogP contribution in [0.25, 0.3) is 21.9 Å². The summed E-state index contributed by atoms with van der Waals surface area (Å²) in [6.45, 7) is 2.76. The molecule has 4 nitrogen and oxygen atoms in total. The number of aromatic amines is 1. The number of rotatable bonds is 3. The average molecular weight is 307 g/mol. The Bertz CT molecular complexity index is 962. The minimum atomic E-state index is 0.0296. The van der Waals surface area contributed by atoms with Crippen LogP contribution in [-0.2, 0) is 6.54 Å². The summed E-state index contributed by atoms with van der Waals surface area (Å²) in [5, 5.41) is 1.06. The van der Waals surface area contributed by atoms with Crippen molar-refractivity contribution in [2.75, 3.05) is 0 Å². The summed E-state index contributed by atoms with van der Waals surface area (Å²) in [6.07, 6.45) is 9.93. The number of nitrogens with zero attached hydrogens (tertiary/aromatic N) is 2. The van der Waals surface area contributed by atoms with E-state index >= 15 is 0 Å². The summed E-state index contributed by atoms with van der Waals surface area (Å²) in [5.74, 6) is 0. The molecule has 3 aromatic rings. The first-order valence-corrected chi connectivity index (χ1v) is 8.38. The van der Waals surface area contributed by atoms with E-state index in [1.54, 1.807) is 10.9 Å². The third-order valence-electron chi connectivity index (χ3n) is 4.87. The number of aryl methyl sites for hydroxylation is 2. The molecule has 0 atom stereocenters. The lowest BCUT2D eigenvalue weighted by Crippen LogP contribution is -2.21. The van der Waals surface area contributed by atoms with Crippen molar-refractivity contribution in [3.63, 3.8) is 0 Å². The van der Waals surface area contributed by atoms with Crippen LogP contribution < -0.4 is 5.56 Å². The van der Waals surface area contributed by atoms with Crippen molar-refractivity contribution >= 4 is 21.9 Å². The number of fused-ring (bicyclic) bond motifs is 3. The van der Waals surface area contributed by atoms with Gasteiger partial charge in [0.25, 0.3) is 5.56 Å². The highest BCUT2D eigenvalue weighted by Crippen LogP contribution is 2.25. The fourth-order valence-electron chi connectivity index (χ4n) is 3.57. The highest BCUT2D eigenvalue weighted by atomic mass is 16.1. The highest BCUT2D eigenvalue weighted by Gasteiger charge is 2.12. The minimum absolute atomic E-state index is 0.0296. The minimum Gasteiger partial charge on any atom is -0.349 e. The summed E-state index contributed by atoms with van der Waals surface area (Å²) in [6, 6.07) is 6.06. The highest BCUT2D eigenvalue weighted by molar-refractivity contribution is 6.06. The molecular weight excluding hydrogens is 286 g/mol. The molecule has 0 radical (unpaired) electrons. The second kappa shape index (κ2) is 5.69. The van der Waals surface area contributed by atoms with E-state index in [-0.39, 0.29) is 5.56 Å². The molecule has 1 N–H and O–H groups in total. The van der Waals surface area contributed by atoms with Crippen LogP contribution in [0.3, 0.4) is 0 Å². The molecule has 0 saturated carbocycles. The second-order valence-electron chi connectivity index (χ2n) is 6.45. The SMILES string of the molecule is Cc1cccc2[nH]c3c(=O)n(CCC4=CCCCC4)cnc3c12. The first kappa shape index (κ1) is 14.2. The van der Waals surface area contributed by atoms with E-state index in [0.717, 1.165) is 28.4 Å². The van der Waals surface area contributed by atoms with Gasteiger partial charge in [0.2, 0.25) is 0 Å². The predicted molar refractivity (Wildman–Crippen MR) is 93.8 cm³/mol. The molecule has 1 aliphatic carbocycles. The molecular formula is C19H21N3O. The van der Waals surface area contributed by atoms with Gasteiger partial charge in [-0.05, 0) is 50.7 Å². The molecule has 4 rings (SSSR count). The normalized spacial score (nSPS) is 15.3. The van der Waals surface area contributed by atoms with E-state index in [1.807, 2.05) is 12.1 Å². The van der Waals surface area contributed by atoms with Crippen molar-refractivity contribution in [1.82, 2.24) is 14.5 Å². The number of hydrogen-bond donors (Lipinski definition) is 1. The molecule has 0 aliphatic heterocycles. The smallest absolute Gasteiger partial charge is 0.277 e. The van der Waals surface area contributed by atoms with Crippen molar-refractivity contribution in [2.45, 2.75) is 45.6 Å². The van der Waals surface area contributed by atoms with Crippen LogP contribution >= 0.6 is 0 Å². The van der Waals surface area contributed by atoms with Gasteiger partial charge in [0, 0.05) is 17.4 Å². The van der Waals surface area contributed by atoms with E-state index in [9.17, 15) is 4.79 Å². The maximum atomic E-state index is 12.8. The number of allylic oxidation sites excluding steroid dienone is 2. The molecule has 0 fully saturated rings. The van der Waals surface area contributed by atoms with E-state index in [1.165, 1.54) is 31.3 Å². The predicted octanol–water partition coefficient (Wildman–Crippen LogP) is 4.08. The van der Waals surface area contributed by atoms with Gasteiger partial charge in [-0.25, -0.2) is 4.98 Å². The fraction of sp³-hybridized carbons (Fsp3) is 0.368. The summed E-state index contributed by atoms with van der Waals surface area (Å²) < 4.78 is 1.74. The van der Waals surface area contributed by atoms with Gasteiger partial charge >= 0.3 is 0 Å². The zero-order valence-corrected chi connectivity index (χ0v) is 13.4. The molecule has 0 spiro atoms. The Morgan fingerprint density at radius 2 is 2.22 bits per heavy atom. The summed E-state index contributed by atoms with van der Waals surface area (Å²) >= 11 is 0. The van der Waals surface area contributed by atoms with Gasteiger partial charge in [0.05, 0.1) is 6.33 Å². The molecule has 1 aliphatic rings. The van der Waals surface area contributed by atoms with Crippen molar-refractivity contribution in [2.24, 2.45) is 0 Å². The first-order valence-electron chi connectivity index (χ1n) is 8.38. The summed E-state index contributed by atoms with van der Waals surface area (Å²) in [7, 11) is 0. The second-order valence-corrected chi connectivity index (χ2v) is 6.45. The van der Waals surface area contributed by atoms with E-state index < -0.39 is 0 Å². The van der Waals surface area contributed by atoms with Crippen molar-refractivity contribution in [3.8, 4) is 0 Å². The molecule has 1 aromatic carbocycles. The van der Waals surface area contributed by atoms with Crippen molar-refractivity contribution < 1.29 is 0 Å². The zero-order valence-electron chi connectivity index (χ0n) is 13.4. The lowest BCUT2D eigenvalue weighted by molar-refractivity contribution is 0.610. The van der Waals surface area contributed by atoms with Crippen molar-refractivity contribution in [3.05, 3.63) is 52.1 Å². The van der Waals surface area contributed by atoms with Crippen LogP contribution in [0.4, 0.5) is 0 Å². The Morgan fingerprint density at radius 3 is 3.04 bits per heavy atom. The topological polar surface area (TPSA) is 50.7 Å². The number of benzene rings is 1. The van der Waals surface area contributed by atoms with Gasteiger partial charge in [-0.2, -0.15) is 0 Å². The molecule has 118 valence electrons. The number of H-pyrrole nitrogens is 1.